The number of nitrogens with one attached hydrogen (secondary N) is 1. The summed E-state index contributed by atoms with van der Waals surface area (Å²) in [5.74, 6) is 0.127. The lowest BCUT2D eigenvalue weighted by Gasteiger charge is -2.15. The minimum absolute atomic E-state index is 0.257. The lowest BCUT2D eigenvalue weighted by molar-refractivity contribution is -0.122. The van der Waals surface area contributed by atoms with Crippen LogP contribution in [0.3, 0.4) is 0 Å². The molecule has 3 nitrogen and oxygen atoms in total. The Morgan fingerprint density at radius 1 is 1.15 bits per heavy atom. The molecular formula is C15H13Cl2NO2. The van der Waals surface area contributed by atoms with Crippen molar-refractivity contribution in [2.75, 3.05) is 5.32 Å². The monoisotopic (exact) mass is 309 g/mol. The Bertz CT molecular complexity index is 602. The molecule has 1 amide bonds. The van der Waals surface area contributed by atoms with E-state index in [1.54, 1.807) is 37.3 Å². The summed E-state index contributed by atoms with van der Waals surface area (Å²) in [7, 11) is 0. The molecule has 0 aliphatic carbocycles. The summed E-state index contributed by atoms with van der Waals surface area (Å²) in [6.07, 6.45) is -0.689. The Balaban J connectivity index is 2.02. The molecule has 104 valence electrons. The number of anilines is 1. The summed E-state index contributed by atoms with van der Waals surface area (Å²) in [5, 5.41) is 3.67. The van der Waals surface area contributed by atoms with Gasteiger partial charge < -0.3 is 10.1 Å². The van der Waals surface area contributed by atoms with E-state index < -0.39 is 6.10 Å². The molecule has 0 aromatic heterocycles. The second kappa shape index (κ2) is 6.64. The fourth-order valence-corrected chi connectivity index (χ4v) is 1.90. The van der Waals surface area contributed by atoms with Crippen LogP contribution in [-0.4, -0.2) is 12.0 Å². The minimum Gasteiger partial charge on any atom is -0.479 e. The average Bonchev–Trinajstić information content (AvgIpc) is 2.44. The predicted octanol–water partition coefficient (Wildman–Crippen LogP) is 4.40. The van der Waals surface area contributed by atoms with Gasteiger partial charge in [-0.3, -0.25) is 4.79 Å². The Kier molecular flexibility index (Phi) is 4.88. The summed E-state index contributed by atoms with van der Waals surface area (Å²) in [6, 6.07) is 14.0. The van der Waals surface area contributed by atoms with Crippen molar-refractivity contribution >= 4 is 34.8 Å². The number of hydrogen-bond acceptors (Lipinski definition) is 2. The van der Waals surface area contributed by atoms with Crippen molar-refractivity contribution in [1.29, 1.82) is 0 Å². The lowest BCUT2D eigenvalue weighted by atomic mass is 10.3. The fourth-order valence-electron chi connectivity index (χ4n) is 1.58. The van der Waals surface area contributed by atoms with Gasteiger partial charge in [-0.25, -0.2) is 0 Å². The number of hydrogen-bond donors (Lipinski definition) is 1. The van der Waals surface area contributed by atoms with E-state index >= 15 is 0 Å². The Morgan fingerprint density at radius 3 is 2.55 bits per heavy atom. The van der Waals surface area contributed by atoms with Crippen LogP contribution in [0.2, 0.25) is 10.0 Å². The van der Waals surface area contributed by atoms with E-state index in [0.717, 1.165) is 0 Å². The van der Waals surface area contributed by atoms with Crippen LogP contribution in [0.1, 0.15) is 6.92 Å². The van der Waals surface area contributed by atoms with Crippen LogP contribution < -0.4 is 10.1 Å². The third-order valence-electron chi connectivity index (χ3n) is 2.61. The molecule has 0 heterocycles. The van der Waals surface area contributed by atoms with Crippen LogP contribution in [0.25, 0.3) is 0 Å². The van der Waals surface area contributed by atoms with Crippen LogP contribution in [0.5, 0.6) is 5.75 Å². The maximum atomic E-state index is 12.0. The number of benzene rings is 2. The molecule has 0 bridgehead atoms. The molecule has 2 aromatic carbocycles. The third kappa shape index (κ3) is 3.89. The zero-order valence-corrected chi connectivity index (χ0v) is 12.3. The number of halogens is 2. The fraction of sp³-hybridized carbons (Fsp3) is 0.133. The maximum Gasteiger partial charge on any atom is 0.265 e. The van der Waals surface area contributed by atoms with E-state index in [1.165, 1.54) is 0 Å². The van der Waals surface area contributed by atoms with Crippen molar-refractivity contribution < 1.29 is 9.53 Å². The van der Waals surface area contributed by atoms with Crippen molar-refractivity contribution in [3.05, 3.63) is 58.6 Å². The molecule has 0 saturated carbocycles. The summed E-state index contributed by atoms with van der Waals surface area (Å²) in [4.78, 5) is 12.0. The van der Waals surface area contributed by atoms with Crippen LogP contribution in [-0.2, 0) is 4.79 Å². The van der Waals surface area contributed by atoms with Gasteiger partial charge in [0.25, 0.3) is 5.91 Å². The topological polar surface area (TPSA) is 38.3 Å². The molecule has 0 spiro atoms. The summed E-state index contributed by atoms with van der Waals surface area (Å²) in [5.41, 5.74) is 0.713. The highest BCUT2D eigenvalue weighted by molar-refractivity contribution is 6.34. The van der Waals surface area contributed by atoms with Gasteiger partial charge in [-0.1, -0.05) is 41.4 Å². The van der Waals surface area contributed by atoms with Gasteiger partial charge in [0, 0.05) is 16.8 Å². The van der Waals surface area contributed by atoms with Crippen molar-refractivity contribution in [1.82, 2.24) is 0 Å². The lowest BCUT2D eigenvalue weighted by Crippen LogP contribution is -2.30. The summed E-state index contributed by atoms with van der Waals surface area (Å²) >= 11 is 11.9. The van der Waals surface area contributed by atoms with Crippen LogP contribution in [0.15, 0.2) is 48.5 Å². The molecular weight excluding hydrogens is 297 g/mol. The van der Waals surface area contributed by atoms with Gasteiger partial charge in [0.1, 0.15) is 5.75 Å². The Morgan fingerprint density at radius 2 is 1.85 bits per heavy atom. The maximum absolute atomic E-state index is 12.0. The van der Waals surface area contributed by atoms with Gasteiger partial charge in [0.15, 0.2) is 6.10 Å². The zero-order chi connectivity index (χ0) is 14.5. The van der Waals surface area contributed by atoms with Crippen LogP contribution in [0.4, 0.5) is 5.69 Å². The summed E-state index contributed by atoms with van der Waals surface area (Å²) < 4.78 is 5.53. The van der Waals surface area contributed by atoms with E-state index in [4.69, 9.17) is 27.9 Å². The number of rotatable bonds is 4. The highest BCUT2D eigenvalue weighted by Crippen LogP contribution is 2.28. The zero-order valence-electron chi connectivity index (χ0n) is 10.8. The highest BCUT2D eigenvalue weighted by Gasteiger charge is 2.16. The number of carbonyl (C=O) groups is 1. The molecule has 20 heavy (non-hydrogen) atoms. The molecule has 0 saturated heterocycles. The van der Waals surface area contributed by atoms with Crippen LogP contribution in [0, 0.1) is 0 Å². The van der Waals surface area contributed by atoms with Gasteiger partial charge in [-0.05, 0) is 31.2 Å². The first-order chi connectivity index (χ1) is 9.56. The minimum atomic E-state index is -0.689. The molecule has 0 radical (unpaired) electrons. The van der Waals surface area contributed by atoms with E-state index in [2.05, 4.69) is 5.32 Å². The van der Waals surface area contributed by atoms with E-state index in [-0.39, 0.29) is 5.91 Å². The first-order valence-electron chi connectivity index (χ1n) is 6.04. The van der Waals surface area contributed by atoms with Crippen molar-refractivity contribution in [2.45, 2.75) is 13.0 Å². The first kappa shape index (κ1) is 14.7. The van der Waals surface area contributed by atoms with Crippen molar-refractivity contribution in [3.63, 3.8) is 0 Å². The first-order valence-corrected chi connectivity index (χ1v) is 6.79. The highest BCUT2D eigenvalue weighted by atomic mass is 35.5. The summed E-state index contributed by atoms with van der Waals surface area (Å²) in [6.45, 7) is 1.65. The van der Waals surface area contributed by atoms with Gasteiger partial charge in [0.05, 0.1) is 5.02 Å². The van der Waals surface area contributed by atoms with E-state index in [0.29, 0.717) is 21.5 Å². The van der Waals surface area contributed by atoms with Gasteiger partial charge in [0.2, 0.25) is 0 Å². The van der Waals surface area contributed by atoms with Gasteiger partial charge in [-0.2, -0.15) is 0 Å². The largest absolute Gasteiger partial charge is 0.479 e. The average molecular weight is 310 g/mol. The standard InChI is InChI=1S/C15H13Cl2NO2/c1-10(15(19)18-12-5-3-2-4-6-12)20-14-9-11(16)7-8-13(14)17/h2-10H,1H3,(H,18,19)/t10-/m1/s1. The van der Waals surface area contributed by atoms with Crippen molar-refractivity contribution in [3.8, 4) is 5.75 Å². The molecule has 1 atom stereocenters. The van der Waals surface area contributed by atoms with E-state index in [9.17, 15) is 4.79 Å². The smallest absolute Gasteiger partial charge is 0.265 e. The molecule has 0 aliphatic heterocycles. The molecule has 5 heteroatoms. The number of amides is 1. The van der Waals surface area contributed by atoms with Crippen molar-refractivity contribution in [2.24, 2.45) is 0 Å². The Labute approximate surface area is 127 Å². The van der Waals surface area contributed by atoms with Gasteiger partial charge in [-0.15, -0.1) is 0 Å². The quantitative estimate of drug-likeness (QED) is 0.909. The molecule has 0 aliphatic rings. The molecule has 0 unspecified atom stereocenters. The molecule has 0 fully saturated rings. The second-order valence-corrected chi connectivity index (χ2v) is 5.03. The number of ether oxygens (including phenoxy) is 1. The molecule has 2 aromatic rings. The van der Waals surface area contributed by atoms with E-state index in [1.807, 2.05) is 18.2 Å². The Hall–Kier alpha value is -1.71. The normalized spacial score (nSPS) is 11.8. The van der Waals surface area contributed by atoms with Gasteiger partial charge >= 0.3 is 0 Å². The third-order valence-corrected chi connectivity index (χ3v) is 3.15. The molecule has 1 N–H and O–H groups in total. The number of para-hydroxylation sites is 1. The SMILES string of the molecule is C[C@@H](Oc1cc(Cl)ccc1Cl)C(=O)Nc1ccccc1. The van der Waals surface area contributed by atoms with Crippen LogP contribution >= 0.6 is 23.2 Å². The molecule has 2 rings (SSSR count). The number of carbonyl (C=O) groups excluding carboxylic acids is 1. The second-order valence-electron chi connectivity index (χ2n) is 4.19. The predicted molar refractivity (Wildman–Crippen MR) is 81.6 cm³/mol.